The summed E-state index contributed by atoms with van der Waals surface area (Å²) in [6.45, 7) is 6.00. The van der Waals surface area contributed by atoms with Gasteiger partial charge in [-0.25, -0.2) is 0 Å². The number of likely N-dealkylation sites (N-methyl/N-ethyl adjacent to an activating group) is 1. The van der Waals surface area contributed by atoms with E-state index in [1.807, 2.05) is 38.2 Å². The minimum absolute atomic E-state index is 0.0219. The molecule has 3 heteroatoms. The Hall–Kier alpha value is -2.42. The minimum Gasteiger partial charge on any atom is -0.313 e. The molecule has 0 saturated heterocycles. The van der Waals surface area contributed by atoms with Gasteiger partial charge >= 0.3 is 0 Å². The Labute approximate surface area is 131 Å². The van der Waals surface area contributed by atoms with E-state index in [2.05, 4.69) is 32.0 Å². The molecule has 1 aliphatic rings. The molecule has 0 radical (unpaired) electrons. The zero-order valence-electron chi connectivity index (χ0n) is 13.4. The molecule has 3 nitrogen and oxygen atoms in total. The number of rotatable bonds is 1. The van der Waals surface area contributed by atoms with Gasteiger partial charge in [0.05, 0.1) is 11.4 Å². The van der Waals surface area contributed by atoms with Gasteiger partial charge < -0.3 is 4.90 Å². The summed E-state index contributed by atoms with van der Waals surface area (Å²) in [6.07, 6.45) is 0. The van der Waals surface area contributed by atoms with E-state index in [0.717, 1.165) is 33.7 Å². The highest BCUT2D eigenvalue weighted by molar-refractivity contribution is 6.20. The quantitative estimate of drug-likeness (QED) is 0.791. The highest BCUT2D eigenvalue weighted by Gasteiger charge is 2.27. The number of aliphatic imine (C=N–C) groups is 1. The molecule has 2 aromatic carbocycles. The number of fused-ring (bicyclic) bond motifs is 1. The lowest BCUT2D eigenvalue weighted by Crippen LogP contribution is -2.32. The number of nitrogens with zero attached hydrogens (tertiary/aromatic N) is 2. The van der Waals surface area contributed by atoms with Gasteiger partial charge in [-0.3, -0.25) is 9.79 Å². The Bertz CT molecular complexity index is 777. The lowest BCUT2D eigenvalue weighted by molar-refractivity contribution is -0.119. The summed E-state index contributed by atoms with van der Waals surface area (Å²) < 4.78 is 0. The van der Waals surface area contributed by atoms with Crippen LogP contribution in [0.3, 0.4) is 0 Å². The van der Waals surface area contributed by atoms with Gasteiger partial charge in [-0.2, -0.15) is 0 Å². The van der Waals surface area contributed by atoms with Crippen LogP contribution < -0.4 is 4.90 Å². The molecule has 2 aromatic rings. The predicted molar refractivity (Wildman–Crippen MR) is 90.9 cm³/mol. The van der Waals surface area contributed by atoms with Gasteiger partial charge in [0, 0.05) is 18.2 Å². The molecule has 1 heterocycles. The standard InChI is InChI=1S/C19H20N2O/c1-12-9-10-17-16(11-12)18(15-8-6-5-7-13(15)2)20-14(3)19(22)21(17)4/h5-11,14H,1-4H3. The van der Waals surface area contributed by atoms with E-state index < -0.39 is 0 Å². The molecule has 0 N–H and O–H groups in total. The number of aryl methyl sites for hydroxylation is 2. The number of benzene rings is 2. The van der Waals surface area contributed by atoms with Crippen LogP contribution in [0.5, 0.6) is 0 Å². The normalized spacial score (nSPS) is 17.8. The number of anilines is 1. The smallest absolute Gasteiger partial charge is 0.251 e. The minimum atomic E-state index is -0.382. The van der Waals surface area contributed by atoms with E-state index in [-0.39, 0.29) is 11.9 Å². The monoisotopic (exact) mass is 292 g/mol. The van der Waals surface area contributed by atoms with Crippen molar-refractivity contribution >= 4 is 17.3 Å². The molecule has 22 heavy (non-hydrogen) atoms. The van der Waals surface area contributed by atoms with Crippen molar-refractivity contribution in [3.05, 3.63) is 64.7 Å². The zero-order chi connectivity index (χ0) is 15.9. The third-order valence-electron chi connectivity index (χ3n) is 4.18. The van der Waals surface area contributed by atoms with E-state index >= 15 is 0 Å². The molecule has 0 bridgehead atoms. The maximum absolute atomic E-state index is 12.5. The van der Waals surface area contributed by atoms with Gasteiger partial charge in [0.25, 0.3) is 5.91 Å². The second-order valence-electron chi connectivity index (χ2n) is 5.89. The van der Waals surface area contributed by atoms with Crippen molar-refractivity contribution < 1.29 is 4.79 Å². The summed E-state index contributed by atoms with van der Waals surface area (Å²) in [5.74, 6) is 0.0219. The van der Waals surface area contributed by atoms with Gasteiger partial charge in [0.1, 0.15) is 6.04 Å². The molecule has 1 amide bonds. The Morgan fingerprint density at radius 2 is 1.77 bits per heavy atom. The topological polar surface area (TPSA) is 32.7 Å². The summed E-state index contributed by atoms with van der Waals surface area (Å²) in [5.41, 5.74) is 6.26. The molecule has 0 aromatic heterocycles. The molecule has 1 aliphatic heterocycles. The largest absolute Gasteiger partial charge is 0.313 e. The van der Waals surface area contributed by atoms with Crippen LogP contribution in [-0.2, 0) is 4.79 Å². The van der Waals surface area contributed by atoms with Crippen LogP contribution in [0.4, 0.5) is 5.69 Å². The Kier molecular flexibility index (Phi) is 3.57. The second kappa shape index (κ2) is 5.41. The average Bonchev–Trinajstić information content (AvgIpc) is 2.59. The van der Waals surface area contributed by atoms with Crippen molar-refractivity contribution in [2.45, 2.75) is 26.8 Å². The predicted octanol–water partition coefficient (Wildman–Crippen LogP) is 3.51. The lowest BCUT2D eigenvalue weighted by atomic mass is 9.95. The van der Waals surface area contributed by atoms with E-state index in [1.54, 1.807) is 4.90 Å². The maximum Gasteiger partial charge on any atom is 0.251 e. The zero-order valence-corrected chi connectivity index (χ0v) is 13.4. The fourth-order valence-corrected chi connectivity index (χ4v) is 2.90. The van der Waals surface area contributed by atoms with Crippen LogP contribution in [0, 0.1) is 13.8 Å². The molecule has 112 valence electrons. The highest BCUT2D eigenvalue weighted by atomic mass is 16.2. The molecular formula is C19H20N2O. The SMILES string of the molecule is Cc1ccc2c(c1)C(c1ccccc1C)=NC(C)C(=O)N2C. The molecule has 3 rings (SSSR count). The first-order chi connectivity index (χ1) is 10.5. The maximum atomic E-state index is 12.5. The lowest BCUT2D eigenvalue weighted by Gasteiger charge is -2.19. The van der Waals surface area contributed by atoms with Crippen molar-refractivity contribution in [1.82, 2.24) is 0 Å². The molecule has 0 spiro atoms. The van der Waals surface area contributed by atoms with Crippen LogP contribution >= 0.6 is 0 Å². The third-order valence-corrected chi connectivity index (χ3v) is 4.18. The van der Waals surface area contributed by atoms with Crippen LogP contribution in [0.25, 0.3) is 0 Å². The van der Waals surface area contributed by atoms with Crippen LogP contribution in [0.15, 0.2) is 47.5 Å². The molecule has 1 atom stereocenters. The van der Waals surface area contributed by atoms with Crippen LogP contribution in [0.2, 0.25) is 0 Å². The first-order valence-corrected chi connectivity index (χ1v) is 7.51. The molecular weight excluding hydrogens is 272 g/mol. The summed E-state index contributed by atoms with van der Waals surface area (Å²) >= 11 is 0. The van der Waals surface area contributed by atoms with Crippen LogP contribution in [-0.4, -0.2) is 24.7 Å². The summed E-state index contributed by atoms with van der Waals surface area (Å²) in [7, 11) is 1.82. The Balaban J connectivity index is 2.31. The number of amides is 1. The molecule has 1 unspecified atom stereocenters. The Morgan fingerprint density at radius 1 is 1.05 bits per heavy atom. The van der Waals surface area contributed by atoms with Crippen molar-refractivity contribution in [2.24, 2.45) is 4.99 Å². The fourth-order valence-electron chi connectivity index (χ4n) is 2.90. The Morgan fingerprint density at radius 3 is 2.50 bits per heavy atom. The van der Waals surface area contributed by atoms with Gasteiger partial charge in [-0.15, -0.1) is 0 Å². The fraction of sp³-hybridized carbons (Fsp3) is 0.263. The summed E-state index contributed by atoms with van der Waals surface area (Å²) in [4.78, 5) is 18.9. The van der Waals surface area contributed by atoms with E-state index in [4.69, 9.17) is 4.99 Å². The first-order valence-electron chi connectivity index (χ1n) is 7.51. The summed E-state index contributed by atoms with van der Waals surface area (Å²) in [6, 6.07) is 14.0. The van der Waals surface area contributed by atoms with Crippen LogP contribution in [0.1, 0.15) is 29.2 Å². The van der Waals surface area contributed by atoms with Gasteiger partial charge in [0.15, 0.2) is 0 Å². The summed E-state index contributed by atoms with van der Waals surface area (Å²) in [5, 5.41) is 0. The third kappa shape index (κ3) is 2.33. The average molecular weight is 292 g/mol. The van der Waals surface area contributed by atoms with Gasteiger partial charge in [0.2, 0.25) is 0 Å². The van der Waals surface area contributed by atoms with Gasteiger partial charge in [-0.05, 0) is 38.5 Å². The number of hydrogen-bond acceptors (Lipinski definition) is 2. The highest BCUT2D eigenvalue weighted by Crippen LogP contribution is 2.29. The number of hydrogen-bond donors (Lipinski definition) is 0. The van der Waals surface area contributed by atoms with Crippen molar-refractivity contribution in [1.29, 1.82) is 0 Å². The van der Waals surface area contributed by atoms with E-state index in [1.165, 1.54) is 0 Å². The molecule has 0 fully saturated rings. The number of carbonyl (C=O) groups is 1. The number of benzodiazepines with no additional fused rings is 1. The molecule has 0 aliphatic carbocycles. The second-order valence-corrected chi connectivity index (χ2v) is 5.89. The van der Waals surface area contributed by atoms with Crippen molar-refractivity contribution in [3.8, 4) is 0 Å². The van der Waals surface area contributed by atoms with Crippen molar-refractivity contribution in [2.75, 3.05) is 11.9 Å². The first kappa shape index (κ1) is 14.5. The van der Waals surface area contributed by atoms with E-state index in [9.17, 15) is 4.79 Å². The molecule has 0 saturated carbocycles. The van der Waals surface area contributed by atoms with Crippen molar-refractivity contribution in [3.63, 3.8) is 0 Å². The van der Waals surface area contributed by atoms with Gasteiger partial charge in [-0.1, -0.05) is 35.9 Å². The number of carbonyl (C=O) groups excluding carboxylic acids is 1. The van der Waals surface area contributed by atoms with E-state index in [0.29, 0.717) is 0 Å².